The predicted octanol–water partition coefficient (Wildman–Crippen LogP) is 6.28. The second kappa shape index (κ2) is 11.5. The zero-order valence-corrected chi connectivity index (χ0v) is 22.5. The second-order valence-corrected chi connectivity index (χ2v) is 10.1. The van der Waals surface area contributed by atoms with Crippen molar-refractivity contribution < 1.29 is 9.53 Å². The van der Waals surface area contributed by atoms with Gasteiger partial charge in [-0.2, -0.15) is 5.26 Å². The molecule has 4 aromatic carbocycles. The number of carbonyl (C=O) groups excluding carboxylic acids is 1. The third-order valence-corrected chi connectivity index (χ3v) is 7.41. The molecule has 1 fully saturated rings. The fraction of sp³-hybridized carbons (Fsp3) is 0.161. The van der Waals surface area contributed by atoms with E-state index in [1.165, 1.54) is 10.8 Å². The van der Waals surface area contributed by atoms with Crippen LogP contribution in [0, 0.1) is 14.9 Å². The minimum atomic E-state index is -0.221. The Morgan fingerprint density at radius 2 is 1.65 bits per heavy atom. The van der Waals surface area contributed by atoms with Crippen LogP contribution in [0.1, 0.15) is 11.1 Å². The normalized spacial score (nSPS) is 13.9. The number of anilines is 1. The minimum Gasteiger partial charge on any atom is -0.488 e. The average Bonchev–Trinajstić information content (AvgIpc) is 2.95. The van der Waals surface area contributed by atoms with Gasteiger partial charge in [-0.25, -0.2) is 0 Å². The summed E-state index contributed by atoms with van der Waals surface area (Å²) in [5.74, 6) is 0.550. The molecule has 1 amide bonds. The Bertz CT molecular complexity index is 1480. The number of piperazine rings is 1. The number of fused-ring (bicyclic) bond motifs is 1. The molecule has 5 rings (SSSR count). The van der Waals surface area contributed by atoms with Gasteiger partial charge in [0, 0.05) is 31.9 Å². The Hall–Kier alpha value is -3.83. The highest BCUT2D eigenvalue weighted by molar-refractivity contribution is 14.1. The first-order valence-corrected chi connectivity index (χ1v) is 13.3. The third-order valence-electron chi connectivity index (χ3n) is 6.57. The fourth-order valence-electron chi connectivity index (χ4n) is 4.58. The van der Waals surface area contributed by atoms with Crippen LogP contribution >= 0.6 is 22.6 Å². The molecule has 4 aromatic rings. The Morgan fingerprint density at radius 3 is 2.41 bits per heavy atom. The van der Waals surface area contributed by atoms with E-state index in [1.54, 1.807) is 11.0 Å². The van der Waals surface area contributed by atoms with Gasteiger partial charge in [0.05, 0.1) is 3.57 Å². The SMILES string of the molecule is N#C/C(=C/c1ccc(OCc2cccc3ccccc23)c(I)c1)C(=O)N1CCN(c2ccccc2)CC1. The van der Waals surface area contributed by atoms with Crippen LogP contribution in [0.4, 0.5) is 5.69 Å². The number of amides is 1. The van der Waals surface area contributed by atoms with Gasteiger partial charge in [0.15, 0.2) is 0 Å². The average molecular weight is 599 g/mol. The van der Waals surface area contributed by atoms with Crippen LogP contribution in [0.5, 0.6) is 5.75 Å². The number of hydrogen-bond acceptors (Lipinski definition) is 4. The summed E-state index contributed by atoms with van der Waals surface area (Å²) < 4.78 is 7.06. The quantitative estimate of drug-likeness (QED) is 0.149. The lowest BCUT2D eigenvalue weighted by atomic mass is 10.1. The van der Waals surface area contributed by atoms with Crippen LogP contribution in [0.3, 0.4) is 0 Å². The number of carbonyl (C=O) groups is 1. The molecule has 184 valence electrons. The van der Waals surface area contributed by atoms with Crippen LogP contribution in [0.2, 0.25) is 0 Å². The molecule has 37 heavy (non-hydrogen) atoms. The summed E-state index contributed by atoms with van der Waals surface area (Å²) in [6.45, 7) is 3.13. The van der Waals surface area contributed by atoms with Crippen molar-refractivity contribution in [2.45, 2.75) is 6.61 Å². The number of benzene rings is 4. The van der Waals surface area contributed by atoms with E-state index < -0.39 is 0 Å². The van der Waals surface area contributed by atoms with E-state index in [0.717, 1.165) is 39.2 Å². The predicted molar refractivity (Wildman–Crippen MR) is 156 cm³/mol. The highest BCUT2D eigenvalue weighted by Crippen LogP contribution is 2.26. The molecule has 0 aromatic heterocycles. The molecular weight excluding hydrogens is 573 g/mol. The monoisotopic (exact) mass is 599 g/mol. The molecule has 1 heterocycles. The van der Waals surface area contributed by atoms with Gasteiger partial charge < -0.3 is 14.5 Å². The van der Waals surface area contributed by atoms with Crippen molar-refractivity contribution in [3.8, 4) is 11.8 Å². The van der Waals surface area contributed by atoms with Gasteiger partial charge in [-0.15, -0.1) is 0 Å². The lowest BCUT2D eigenvalue weighted by molar-refractivity contribution is -0.126. The van der Waals surface area contributed by atoms with Crippen molar-refractivity contribution in [3.05, 3.63) is 111 Å². The summed E-state index contributed by atoms with van der Waals surface area (Å²) in [5.41, 5.74) is 3.23. The van der Waals surface area contributed by atoms with Gasteiger partial charge in [0.1, 0.15) is 24.0 Å². The van der Waals surface area contributed by atoms with Gasteiger partial charge in [-0.1, -0.05) is 66.7 Å². The van der Waals surface area contributed by atoms with Gasteiger partial charge in [-0.3, -0.25) is 4.79 Å². The van der Waals surface area contributed by atoms with Gasteiger partial charge in [0.25, 0.3) is 5.91 Å². The van der Waals surface area contributed by atoms with Crippen molar-refractivity contribution in [3.63, 3.8) is 0 Å². The summed E-state index contributed by atoms with van der Waals surface area (Å²) >= 11 is 2.24. The van der Waals surface area contributed by atoms with Crippen LogP contribution < -0.4 is 9.64 Å². The molecule has 1 aliphatic heterocycles. The second-order valence-electron chi connectivity index (χ2n) is 8.90. The van der Waals surface area contributed by atoms with E-state index in [9.17, 15) is 10.1 Å². The molecule has 0 aliphatic carbocycles. The van der Waals surface area contributed by atoms with Crippen molar-refractivity contribution in [1.82, 2.24) is 4.90 Å². The highest BCUT2D eigenvalue weighted by Gasteiger charge is 2.24. The molecule has 6 heteroatoms. The molecule has 0 spiro atoms. The number of rotatable bonds is 6. The van der Waals surface area contributed by atoms with E-state index in [2.05, 4.69) is 70.0 Å². The largest absolute Gasteiger partial charge is 0.488 e. The minimum absolute atomic E-state index is 0.147. The molecule has 0 bridgehead atoms. The number of ether oxygens (including phenoxy) is 1. The molecule has 0 unspecified atom stereocenters. The molecule has 0 saturated carbocycles. The van der Waals surface area contributed by atoms with Gasteiger partial charge >= 0.3 is 0 Å². The number of halogens is 1. The number of para-hydroxylation sites is 1. The van der Waals surface area contributed by atoms with E-state index in [4.69, 9.17) is 4.74 Å². The maximum Gasteiger partial charge on any atom is 0.264 e. The fourth-order valence-corrected chi connectivity index (χ4v) is 5.28. The molecule has 0 N–H and O–H groups in total. The maximum absolute atomic E-state index is 13.1. The molecule has 0 atom stereocenters. The van der Waals surface area contributed by atoms with Crippen LogP contribution in [-0.2, 0) is 11.4 Å². The Kier molecular flexibility index (Phi) is 7.71. The molecule has 0 radical (unpaired) electrons. The van der Waals surface area contributed by atoms with Crippen molar-refractivity contribution >= 4 is 51.0 Å². The zero-order chi connectivity index (χ0) is 25.6. The Labute approximate surface area is 230 Å². The van der Waals surface area contributed by atoms with Crippen molar-refractivity contribution in [1.29, 1.82) is 5.26 Å². The van der Waals surface area contributed by atoms with Gasteiger partial charge in [0.2, 0.25) is 0 Å². The van der Waals surface area contributed by atoms with Crippen LogP contribution in [-0.4, -0.2) is 37.0 Å². The van der Waals surface area contributed by atoms with Crippen LogP contribution in [0.25, 0.3) is 16.8 Å². The maximum atomic E-state index is 13.1. The molecular formula is C31H26IN3O2. The highest BCUT2D eigenvalue weighted by atomic mass is 127. The van der Waals surface area contributed by atoms with E-state index in [0.29, 0.717) is 19.7 Å². The first-order chi connectivity index (χ1) is 18.1. The summed E-state index contributed by atoms with van der Waals surface area (Å²) in [7, 11) is 0. The first-order valence-electron chi connectivity index (χ1n) is 12.2. The van der Waals surface area contributed by atoms with Crippen molar-refractivity contribution in [2.75, 3.05) is 31.1 Å². The summed E-state index contributed by atoms with van der Waals surface area (Å²) in [6.07, 6.45) is 1.67. The van der Waals surface area contributed by atoms with E-state index in [1.807, 2.05) is 54.6 Å². The standard InChI is InChI=1S/C31H26IN3O2/c32-29-20-23(13-14-30(29)37-22-25-9-6-8-24-7-4-5-12-28(24)25)19-26(21-33)31(36)35-17-15-34(16-18-35)27-10-2-1-3-11-27/h1-14,19-20H,15-18,22H2/b26-19-. The Morgan fingerprint density at radius 1 is 0.919 bits per heavy atom. The molecule has 1 aliphatic rings. The summed E-state index contributed by atoms with van der Waals surface area (Å²) in [6, 6.07) is 32.5. The number of nitrogens with zero attached hydrogens (tertiary/aromatic N) is 3. The van der Waals surface area contributed by atoms with Crippen molar-refractivity contribution in [2.24, 2.45) is 0 Å². The van der Waals surface area contributed by atoms with Gasteiger partial charge in [-0.05, 0) is 74.8 Å². The number of hydrogen-bond donors (Lipinski definition) is 0. The van der Waals surface area contributed by atoms with E-state index >= 15 is 0 Å². The summed E-state index contributed by atoms with van der Waals surface area (Å²) in [4.78, 5) is 17.1. The van der Waals surface area contributed by atoms with E-state index in [-0.39, 0.29) is 11.5 Å². The van der Waals surface area contributed by atoms with Crippen LogP contribution in [0.15, 0.2) is 96.6 Å². The molecule has 5 nitrogen and oxygen atoms in total. The number of nitriles is 1. The lowest BCUT2D eigenvalue weighted by Gasteiger charge is -2.36. The first kappa shape index (κ1) is 24.8. The molecule has 1 saturated heterocycles. The third kappa shape index (κ3) is 5.78. The zero-order valence-electron chi connectivity index (χ0n) is 20.3. The smallest absolute Gasteiger partial charge is 0.264 e. The Balaban J connectivity index is 1.24. The topological polar surface area (TPSA) is 56.6 Å². The lowest BCUT2D eigenvalue weighted by Crippen LogP contribution is -2.49. The summed E-state index contributed by atoms with van der Waals surface area (Å²) in [5, 5.41) is 12.1.